The van der Waals surface area contributed by atoms with E-state index in [0.717, 1.165) is 11.3 Å². The van der Waals surface area contributed by atoms with Crippen molar-refractivity contribution in [3.05, 3.63) is 64.3 Å². The van der Waals surface area contributed by atoms with Crippen molar-refractivity contribution in [2.24, 2.45) is 0 Å². The third kappa shape index (κ3) is 4.43. The number of aromatic nitrogens is 3. The molecule has 0 radical (unpaired) electrons. The van der Waals surface area contributed by atoms with E-state index in [2.05, 4.69) is 25.0 Å². The number of nitrogens with zero attached hydrogens (tertiary/aromatic N) is 3. The summed E-state index contributed by atoms with van der Waals surface area (Å²) in [6.07, 6.45) is 1.54. The van der Waals surface area contributed by atoms with Crippen LogP contribution in [0.5, 0.6) is 5.88 Å². The summed E-state index contributed by atoms with van der Waals surface area (Å²) in [6, 6.07) is 10.9. The van der Waals surface area contributed by atoms with E-state index in [-0.39, 0.29) is 5.91 Å². The number of benzene rings is 1. The van der Waals surface area contributed by atoms with Crippen LogP contribution < -0.4 is 15.4 Å². The van der Waals surface area contributed by atoms with Crippen LogP contribution in [0.4, 0.5) is 15.8 Å². The number of carbonyl (C=O) groups excluding carboxylic acids is 1. The summed E-state index contributed by atoms with van der Waals surface area (Å²) < 4.78 is 9.36. The Balaban J connectivity index is 1.52. The van der Waals surface area contributed by atoms with Crippen molar-refractivity contribution in [3.8, 4) is 17.1 Å². The summed E-state index contributed by atoms with van der Waals surface area (Å²) in [4.78, 5) is 21.6. The zero-order valence-electron chi connectivity index (χ0n) is 16.0. The Bertz CT molecular complexity index is 1170. The van der Waals surface area contributed by atoms with Crippen LogP contribution in [0.25, 0.3) is 11.3 Å². The Morgan fingerprint density at radius 2 is 1.97 bits per heavy atom. The van der Waals surface area contributed by atoms with Crippen LogP contribution in [0.15, 0.2) is 48.0 Å². The molecule has 1 aromatic carbocycles. The molecule has 0 saturated carbocycles. The molecule has 0 bridgehead atoms. The van der Waals surface area contributed by atoms with Crippen LogP contribution in [-0.2, 0) is 0 Å². The number of aryl methyl sites for hydroxylation is 1. The van der Waals surface area contributed by atoms with E-state index >= 15 is 0 Å². The highest BCUT2D eigenvalue weighted by atomic mass is 35.5. The first-order chi connectivity index (χ1) is 14.5. The standard InChI is InChI=1S/C20H16ClN5O2S2/c1-11-17(18(27)23-14-7-8-16(28-2)22-9-14)19(30-26-11)25-20-24-15(10-29-20)12-3-5-13(21)6-4-12/h3-10H,1-2H3,(H,23,27)(H,24,25). The minimum absolute atomic E-state index is 0.273. The predicted molar refractivity (Wildman–Crippen MR) is 121 cm³/mol. The van der Waals surface area contributed by atoms with Gasteiger partial charge in [0, 0.05) is 22.0 Å². The molecule has 0 aliphatic carbocycles. The minimum Gasteiger partial charge on any atom is -0.481 e. The molecule has 4 aromatic rings. The van der Waals surface area contributed by atoms with E-state index in [1.807, 2.05) is 29.6 Å². The second-order valence-electron chi connectivity index (χ2n) is 6.19. The molecule has 0 fully saturated rings. The average Bonchev–Trinajstić information content (AvgIpc) is 3.36. The van der Waals surface area contributed by atoms with E-state index in [1.165, 1.54) is 36.2 Å². The van der Waals surface area contributed by atoms with E-state index in [4.69, 9.17) is 16.3 Å². The van der Waals surface area contributed by atoms with E-state index < -0.39 is 0 Å². The number of amides is 1. The average molecular weight is 458 g/mol. The highest BCUT2D eigenvalue weighted by Crippen LogP contribution is 2.32. The quantitative estimate of drug-likeness (QED) is 0.390. The molecule has 1 amide bonds. The van der Waals surface area contributed by atoms with Gasteiger partial charge in [-0.05, 0) is 36.7 Å². The molecule has 0 unspecified atom stereocenters. The Morgan fingerprint density at radius 1 is 1.17 bits per heavy atom. The molecule has 0 spiro atoms. The fourth-order valence-corrected chi connectivity index (χ4v) is 4.38. The Labute approximate surface area is 185 Å². The molecule has 152 valence electrons. The number of ether oxygens (including phenoxy) is 1. The highest BCUT2D eigenvalue weighted by molar-refractivity contribution is 7.15. The number of carbonyl (C=O) groups is 1. The molecule has 30 heavy (non-hydrogen) atoms. The summed E-state index contributed by atoms with van der Waals surface area (Å²) in [6.45, 7) is 1.80. The Morgan fingerprint density at radius 3 is 2.67 bits per heavy atom. The van der Waals surface area contributed by atoms with Gasteiger partial charge in [0.15, 0.2) is 5.13 Å². The number of anilines is 3. The van der Waals surface area contributed by atoms with Crippen LogP contribution >= 0.6 is 34.5 Å². The molecule has 4 rings (SSSR count). The second-order valence-corrected chi connectivity index (χ2v) is 8.25. The smallest absolute Gasteiger partial charge is 0.260 e. The Kier molecular flexibility index (Phi) is 5.93. The summed E-state index contributed by atoms with van der Waals surface area (Å²) in [5, 5.41) is 9.98. The van der Waals surface area contributed by atoms with Gasteiger partial charge in [0.2, 0.25) is 5.88 Å². The fourth-order valence-electron chi connectivity index (χ4n) is 2.67. The number of hydrogen-bond donors (Lipinski definition) is 2. The van der Waals surface area contributed by atoms with Gasteiger partial charge < -0.3 is 15.4 Å². The molecule has 0 atom stereocenters. The van der Waals surface area contributed by atoms with Crippen LogP contribution in [-0.4, -0.2) is 27.4 Å². The fraction of sp³-hybridized carbons (Fsp3) is 0.100. The molecule has 3 aromatic heterocycles. The predicted octanol–water partition coefficient (Wildman–Crippen LogP) is 5.63. The maximum Gasteiger partial charge on any atom is 0.260 e. The molecule has 7 nitrogen and oxygen atoms in total. The lowest BCUT2D eigenvalue weighted by Crippen LogP contribution is -2.14. The van der Waals surface area contributed by atoms with Gasteiger partial charge in [-0.1, -0.05) is 23.7 Å². The molecular formula is C20H16ClN5O2S2. The van der Waals surface area contributed by atoms with Crippen molar-refractivity contribution in [1.29, 1.82) is 0 Å². The molecule has 0 saturated heterocycles. The van der Waals surface area contributed by atoms with Crippen molar-refractivity contribution in [2.75, 3.05) is 17.7 Å². The lowest BCUT2D eigenvalue weighted by atomic mass is 10.2. The molecule has 0 aliphatic rings. The number of nitrogens with one attached hydrogen (secondary N) is 2. The minimum atomic E-state index is -0.273. The zero-order valence-corrected chi connectivity index (χ0v) is 18.4. The van der Waals surface area contributed by atoms with Gasteiger partial charge in [-0.2, -0.15) is 4.37 Å². The van der Waals surface area contributed by atoms with Crippen LogP contribution in [0.1, 0.15) is 16.1 Å². The van der Waals surface area contributed by atoms with Crippen molar-refractivity contribution < 1.29 is 9.53 Å². The van der Waals surface area contributed by atoms with Gasteiger partial charge in [-0.25, -0.2) is 9.97 Å². The first-order valence-corrected chi connectivity index (χ1v) is 10.8. The zero-order chi connectivity index (χ0) is 21.1. The number of rotatable bonds is 6. The lowest BCUT2D eigenvalue weighted by molar-refractivity contribution is 0.102. The molecule has 10 heteroatoms. The molecule has 3 heterocycles. The van der Waals surface area contributed by atoms with Gasteiger partial charge in [0.05, 0.1) is 35.9 Å². The third-order valence-corrected chi connectivity index (χ3v) is 6.02. The van der Waals surface area contributed by atoms with Crippen LogP contribution in [0.2, 0.25) is 5.02 Å². The second kappa shape index (κ2) is 8.78. The maximum atomic E-state index is 12.8. The molecular weight excluding hydrogens is 442 g/mol. The highest BCUT2D eigenvalue weighted by Gasteiger charge is 2.20. The van der Waals surface area contributed by atoms with Gasteiger partial charge in [-0.15, -0.1) is 11.3 Å². The topological polar surface area (TPSA) is 89.0 Å². The third-order valence-electron chi connectivity index (χ3n) is 4.16. The largest absolute Gasteiger partial charge is 0.481 e. The van der Waals surface area contributed by atoms with Crippen LogP contribution in [0, 0.1) is 6.92 Å². The summed E-state index contributed by atoms with van der Waals surface area (Å²) in [7, 11) is 1.54. The first kappa shape index (κ1) is 20.3. The van der Waals surface area contributed by atoms with E-state index in [0.29, 0.717) is 38.0 Å². The normalized spacial score (nSPS) is 10.6. The van der Waals surface area contributed by atoms with Crippen molar-refractivity contribution in [2.45, 2.75) is 6.92 Å². The summed E-state index contributed by atoms with van der Waals surface area (Å²) >= 11 is 8.61. The van der Waals surface area contributed by atoms with E-state index in [1.54, 1.807) is 19.1 Å². The number of thiazole rings is 1. The van der Waals surface area contributed by atoms with Gasteiger partial charge >= 0.3 is 0 Å². The van der Waals surface area contributed by atoms with Crippen molar-refractivity contribution >= 4 is 56.2 Å². The van der Waals surface area contributed by atoms with E-state index in [9.17, 15) is 4.79 Å². The number of pyridine rings is 1. The first-order valence-electron chi connectivity index (χ1n) is 8.79. The summed E-state index contributed by atoms with van der Waals surface area (Å²) in [5.41, 5.74) is 3.47. The molecule has 0 aliphatic heterocycles. The van der Waals surface area contributed by atoms with Gasteiger partial charge in [-0.3, -0.25) is 4.79 Å². The SMILES string of the molecule is COc1ccc(NC(=O)c2c(C)nsc2Nc2nc(-c3ccc(Cl)cc3)cs2)cn1. The lowest BCUT2D eigenvalue weighted by Gasteiger charge is -2.07. The van der Waals surface area contributed by atoms with Gasteiger partial charge in [0.25, 0.3) is 5.91 Å². The van der Waals surface area contributed by atoms with Crippen LogP contribution in [0.3, 0.4) is 0 Å². The molecule has 2 N–H and O–H groups in total. The summed E-state index contributed by atoms with van der Waals surface area (Å²) in [5.74, 6) is 0.203. The number of halogens is 1. The van der Waals surface area contributed by atoms with Crippen molar-refractivity contribution in [1.82, 2.24) is 14.3 Å². The Hall–Kier alpha value is -3.01. The number of hydrogen-bond acceptors (Lipinski definition) is 8. The monoisotopic (exact) mass is 457 g/mol. The van der Waals surface area contributed by atoms with Crippen molar-refractivity contribution in [3.63, 3.8) is 0 Å². The van der Waals surface area contributed by atoms with Gasteiger partial charge in [0.1, 0.15) is 5.00 Å². The maximum absolute atomic E-state index is 12.8. The number of methoxy groups -OCH3 is 1.